The molecule has 0 radical (unpaired) electrons. The van der Waals surface area contributed by atoms with E-state index in [1.54, 1.807) is 4.90 Å². The minimum atomic E-state index is 0.000999. The summed E-state index contributed by atoms with van der Waals surface area (Å²) in [5, 5.41) is 0. The van der Waals surface area contributed by atoms with Gasteiger partial charge in [0.05, 0.1) is 11.6 Å². The second-order valence-corrected chi connectivity index (χ2v) is 9.80. The molecule has 5 heteroatoms. The van der Waals surface area contributed by atoms with Crippen LogP contribution >= 0.6 is 0 Å². The maximum atomic E-state index is 13.3. The van der Waals surface area contributed by atoms with Crippen LogP contribution in [0.2, 0.25) is 0 Å². The molecule has 5 nitrogen and oxygen atoms in total. The molecule has 1 aliphatic heterocycles. The number of hydrogen-bond acceptors (Lipinski definition) is 3. The molecular weight excluding hydrogens is 388 g/mol. The van der Waals surface area contributed by atoms with Gasteiger partial charge < -0.3 is 14.5 Å². The molecule has 1 atom stereocenters. The largest absolute Gasteiger partial charge is 0.491 e. The highest BCUT2D eigenvalue weighted by Gasteiger charge is 2.27. The molecule has 0 unspecified atom stereocenters. The third kappa shape index (κ3) is 6.72. The first-order valence-electron chi connectivity index (χ1n) is 12.2. The Bertz CT molecular complexity index is 727. The fourth-order valence-electron chi connectivity index (χ4n) is 5.00. The van der Waals surface area contributed by atoms with Gasteiger partial charge in [0.1, 0.15) is 12.4 Å². The van der Waals surface area contributed by atoms with Gasteiger partial charge >= 0.3 is 0 Å². The van der Waals surface area contributed by atoms with Crippen molar-refractivity contribution in [3.63, 3.8) is 0 Å². The minimum absolute atomic E-state index is 0.000999. The maximum absolute atomic E-state index is 13.3. The number of amides is 2. The number of carbonyl (C=O) groups is 2. The van der Waals surface area contributed by atoms with Crippen molar-refractivity contribution in [1.29, 1.82) is 0 Å². The molecule has 1 aliphatic carbocycles. The Labute approximate surface area is 188 Å². The van der Waals surface area contributed by atoms with Crippen LogP contribution < -0.4 is 4.74 Å². The summed E-state index contributed by atoms with van der Waals surface area (Å²) in [5.41, 5.74) is 0.605. The lowest BCUT2D eigenvalue weighted by molar-refractivity contribution is -0.135. The first-order chi connectivity index (χ1) is 15.0. The number of hydrogen-bond donors (Lipinski definition) is 0. The highest BCUT2D eigenvalue weighted by Crippen LogP contribution is 2.29. The molecule has 3 rings (SSSR count). The lowest BCUT2D eigenvalue weighted by Gasteiger charge is -2.34. The predicted octanol–water partition coefficient (Wildman–Crippen LogP) is 5.14. The molecule has 172 valence electrons. The van der Waals surface area contributed by atoms with Crippen LogP contribution in [0.25, 0.3) is 0 Å². The third-order valence-corrected chi connectivity index (χ3v) is 6.78. The van der Waals surface area contributed by atoms with E-state index in [1.807, 2.05) is 31.3 Å². The SMILES string of the molecule is CC(C)C[C@H]1COc2ccccc2C(=O)N(C)CCCCN1C(=O)CCC1CCCC1. The van der Waals surface area contributed by atoms with E-state index in [-0.39, 0.29) is 17.9 Å². The van der Waals surface area contributed by atoms with Crippen molar-refractivity contribution in [2.24, 2.45) is 11.8 Å². The average Bonchev–Trinajstić information content (AvgIpc) is 3.27. The summed E-state index contributed by atoms with van der Waals surface area (Å²) in [5.74, 6) is 2.08. The van der Waals surface area contributed by atoms with E-state index in [4.69, 9.17) is 4.74 Å². The minimum Gasteiger partial charge on any atom is -0.491 e. The number of nitrogens with zero attached hydrogens (tertiary/aromatic N) is 2. The zero-order valence-electron chi connectivity index (χ0n) is 19.6. The summed E-state index contributed by atoms with van der Waals surface area (Å²) >= 11 is 0. The number of para-hydroxylation sites is 1. The number of carbonyl (C=O) groups excluding carboxylic acids is 2. The summed E-state index contributed by atoms with van der Waals surface area (Å²) in [6.45, 7) is 6.26. The summed E-state index contributed by atoms with van der Waals surface area (Å²) in [6.07, 6.45) is 9.57. The van der Waals surface area contributed by atoms with Gasteiger partial charge in [-0.15, -0.1) is 0 Å². The molecule has 0 bridgehead atoms. The van der Waals surface area contributed by atoms with E-state index in [0.717, 1.165) is 38.1 Å². The second kappa shape index (κ2) is 11.5. The van der Waals surface area contributed by atoms with Gasteiger partial charge in [0.25, 0.3) is 5.91 Å². The van der Waals surface area contributed by atoms with E-state index in [9.17, 15) is 9.59 Å². The zero-order chi connectivity index (χ0) is 22.2. The fourth-order valence-corrected chi connectivity index (χ4v) is 5.00. The molecule has 0 saturated heterocycles. The average molecular weight is 429 g/mol. The van der Waals surface area contributed by atoms with Crippen LogP contribution in [0.4, 0.5) is 0 Å². The van der Waals surface area contributed by atoms with Gasteiger partial charge in [0.2, 0.25) is 5.91 Å². The monoisotopic (exact) mass is 428 g/mol. The van der Waals surface area contributed by atoms with Crippen LogP contribution in [-0.4, -0.2) is 54.4 Å². The highest BCUT2D eigenvalue weighted by molar-refractivity contribution is 5.96. The first kappa shape index (κ1) is 23.6. The molecule has 1 heterocycles. The van der Waals surface area contributed by atoms with E-state index in [0.29, 0.717) is 36.8 Å². The third-order valence-electron chi connectivity index (χ3n) is 6.78. The lowest BCUT2D eigenvalue weighted by atomic mass is 9.99. The number of benzene rings is 1. The predicted molar refractivity (Wildman–Crippen MR) is 124 cm³/mol. The van der Waals surface area contributed by atoms with Crippen molar-refractivity contribution in [1.82, 2.24) is 9.80 Å². The fraction of sp³-hybridized carbons (Fsp3) is 0.692. The molecule has 0 aromatic heterocycles. The molecule has 1 saturated carbocycles. The Kier molecular flexibility index (Phi) is 8.79. The van der Waals surface area contributed by atoms with Crippen molar-refractivity contribution in [3.05, 3.63) is 29.8 Å². The Morgan fingerprint density at radius 3 is 2.55 bits per heavy atom. The number of fused-ring (bicyclic) bond motifs is 1. The molecule has 0 N–H and O–H groups in total. The van der Waals surface area contributed by atoms with Crippen LogP contribution in [0.1, 0.15) is 82.0 Å². The first-order valence-corrected chi connectivity index (χ1v) is 12.2. The van der Waals surface area contributed by atoms with Crippen molar-refractivity contribution in [2.45, 2.75) is 77.7 Å². The zero-order valence-corrected chi connectivity index (χ0v) is 19.6. The highest BCUT2D eigenvalue weighted by atomic mass is 16.5. The molecule has 1 fully saturated rings. The Hall–Kier alpha value is -2.04. The second-order valence-electron chi connectivity index (χ2n) is 9.80. The summed E-state index contributed by atoms with van der Waals surface area (Å²) < 4.78 is 6.21. The van der Waals surface area contributed by atoms with E-state index < -0.39 is 0 Å². The van der Waals surface area contributed by atoms with E-state index in [1.165, 1.54) is 25.7 Å². The van der Waals surface area contributed by atoms with Crippen molar-refractivity contribution >= 4 is 11.8 Å². The molecule has 2 amide bonds. The quantitative estimate of drug-likeness (QED) is 0.652. The van der Waals surface area contributed by atoms with Crippen LogP contribution in [0.5, 0.6) is 5.75 Å². The standard InChI is InChI=1S/C26H40N2O3/c1-20(2)18-22-19-31-24-13-7-6-12-23(24)26(30)27(3)16-8-9-17-28(22)25(29)15-14-21-10-4-5-11-21/h6-7,12-13,20-22H,4-5,8-11,14-19H2,1-3H3/t22-/m0/s1. The molecule has 1 aromatic carbocycles. The smallest absolute Gasteiger partial charge is 0.257 e. The van der Waals surface area contributed by atoms with Crippen LogP contribution in [-0.2, 0) is 4.79 Å². The maximum Gasteiger partial charge on any atom is 0.257 e. The van der Waals surface area contributed by atoms with Gasteiger partial charge in [-0.2, -0.15) is 0 Å². The summed E-state index contributed by atoms with van der Waals surface area (Å²) in [6, 6.07) is 7.52. The molecule has 31 heavy (non-hydrogen) atoms. The molecule has 0 spiro atoms. The normalized spacial score (nSPS) is 21.4. The van der Waals surface area contributed by atoms with Crippen LogP contribution in [0.3, 0.4) is 0 Å². The van der Waals surface area contributed by atoms with Gasteiger partial charge in [-0.05, 0) is 49.7 Å². The molecular formula is C26H40N2O3. The van der Waals surface area contributed by atoms with Gasteiger partial charge in [-0.25, -0.2) is 0 Å². The summed E-state index contributed by atoms with van der Waals surface area (Å²) in [7, 11) is 1.84. The topological polar surface area (TPSA) is 49.9 Å². The Morgan fingerprint density at radius 2 is 1.81 bits per heavy atom. The Balaban J connectivity index is 1.78. The molecule has 2 aliphatic rings. The van der Waals surface area contributed by atoms with Gasteiger partial charge in [0, 0.05) is 26.6 Å². The van der Waals surface area contributed by atoms with Crippen LogP contribution in [0, 0.1) is 11.8 Å². The van der Waals surface area contributed by atoms with Gasteiger partial charge in [0.15, 0.2) is 0 Å². The molecule has 1 aromatic rings. The van der Waals surface area contributed by atoms with Crippen molar-refractivity contribution in [3.8, 4) is 5.75 Å². The van der Waals surface area contributed by atoms with Crippen molar-refractivity contribution in [2.75, 3.05) is 26.7 Å². The van der Waals surface area contributed by atoms with Gasteiger partial charge in [-0.1, -0.05) is 51.7 Å². The van der Waals surface area contributed by atoms with E-state index in [2.05, 4.69) is 18.7 Å². The van der Waals surface area contributed by atoms with Crippen molar-refractivity contribution < 1.29 is 14.3 Å². The Morgan fingerprint density at radius 1 is 1.10 bits per heavy atom. The van der Waals surface area contributed by atoms with Gasteiger partial charge in [-0.3, -0.25) is 9.59 Å². The lowest BCUT2D eigenvalue weighted by Crippen LogP contribution is -2.45. The number of ether oxygens (including phenoxy) is 1. The van der Waals surface area contributed by atoms with Crippen LogP contribution in [0.15, 0.2) is 24.3 Å². The number of rotatable bonds is 5. The summed E-state index contributed by atoms with van der Waals surface area (Å²) in [4.78, 5) is 30.1. The van der Waals surface area contributed by atoms with E-state index >= 15 is 0 Å².